The van der Waals surface area contributed by atoms with E-state index in [1.807, 2.05) is 25.1 Å². The van der Waals surface area contributed by atoms with Crippen molar-refractivity contribution in [3.63, 3.8) is 0 Å². The van der Waals surface area contributed by atoms with Crippen LogP contribution in [0.1, 0.15) is 34.0 Å². The van der Waals surface area contributed by atoms with E-state index in [2.05, 4.69) is 51.6 Å². The van der Waals surface area contributed by atoms with Crippen molar-refractivity contribution in [3.05, 3.63) is 95.9 Å². The van der Waals surface area contributed by atoms with Crippen molar-refractivity contribution in [2.24, 2.45) is 0 Å². The second-order valence-electron chi connectivity index (χ2n) is 8.05. The summed E-state index contributed by atoms with van der Waals surface area (Å²) in [7, 11) is 0. The quantitative estimate of drug-likeness (QED) is 0.444. The van der Waals surface area contributed by atoms with E-state index in [4.69, 9.17) is 4.98 Å². The van der Waals surface area contributed by atoms with Crippen LogP contribution in [0.5, 0.6) is 0 Å². The zero-order valence-electron chi connectivity index (χ0n) is 17.9. The number of hydrogen-bond acceptors (Lipinski definition) is 4. The van der Waals surface area contributed by atoms with Crippen molar-refractivity contribution in [2.45, 2.75) is 19.3 Å². The predicted octanol–water partition coefficient (Wildman–Crippen LogP) is 5.61. The van der Waals surface area contributed by atoms with Crippen LogP contribution in [-0.2, 0) is 0 Å². The average Bonchev–Trinajstić information content (AvgIpc) is 3.30. The number of anilines is 2. The number of benzene rings is 2. The van der Waals surface area contributed by atoms with Gasteiger partial charge in [0.15, 0.2) is 0 Å². The Morgan fingerprint density at radius 3 is 2.69 bits per heavy atom. The van der Waals surface area contributed by atoms with Gasteiger partial charge >= 0.3 is 0 Å². The number of halogens is 1. The van der Waals surface area contributed by atoms with Crippen molar-refractivity contribution in [1.82, 2.24) is 9.97 Å². The van der Waals surface area contributed by atoms with Gasteiger partial charge in [-0.15, -0.1) is 12.4 Å². The minimum absolute atomic E-state index is 0. The third-order valence-electron chi connectivity index (χ3n) is 5.90. The number of aryl methyl sites for hydroxylation is 1. The number of rotatable bonds is 4. The van der Waals surface area contributed by atoms with Crippen LogP contribution in [0.15, 0.2) is 79.1 Å². The molecule has 1 saturated heterocycles. The summed E-state index contributed by atoms with van der Waals surface area (Å²) in [5.74, 6) is 0.359. The largest absolute Gasteiger partial charge is 0.370 e. The van der Waals surface area contributed by atoms with Gasteiger partial charge in [0.2, 0.25) is 0 Å². The van der Waals surface area contributed by atoms with Crippen LogP contribution in [0.3, 0.4) is 0 Å². The van der Waals surface area contributed by atoms with E-state index in [0.717, 1.165) is 41.8 Å². The van der Waals surface area contributed by atoms with Crippen LogP contribution in [0, 0.1) is 6.92 Å². The molecular formula is C26H25ClN4O. The van der Waals surface area contributed by atoms with Gasteiger partial charge in [-0.3, -0.25) is 14.8 Å². The minimum atomic E-state index is -0.167. The maximum absolute atomic E-state index is 12.6. The number of hydrogen-bond donors (Lipinski definition) is 1. The highest BCUT2D eigenvalue weighted by atomic mass is 35.5. The SMILES string of the molecule is Cc1cc(N2CCC(c3ccccc3)C2)c2cc(NC(=O)c3cccnc3)ccc2n1.Cl. The molecule has 0 radical (unpaired) electrons. The predicted molar refractivity (Wildman–Crippen MR) is 132 cm³/mol. The molecule has 0 saturated carbocycles. The molecule has 5 rings (SSSR count). The van der Waals surface area contributed by atoms with Crippen molar-refractivity contribution < 1.29 is 4.79 Å². The molecule has 1 amide bonds. The van der Waals surface area contributed by atoms with Gasteiger partial charge in [0.1, 0.15) is 0 Å². The van der Waals surface area contributed by atoms with Gasteiger partial charge in [-0.1, -0.05) is 30.3 Å². The van der Waals surface area contributed by atoms with E-state index >= 15 is 0 Å². The van der Waals surface area contributed by atoms with Crippen LogP contribution in [0.25, 0.3) is 10.9 Å². The Morgan fingerprint density at radius 2 is 1.91 bits per heavy atom. The molecule has 4 aromatic rings. The first-order chi connectivity index (χ1) is 15.2. The van der Waals surface area contributed by atoms with E-state index in [9.17, 15) is 4.79 Å². The monoisotopic (exact) mass is 444 g/mol. The Balaban J connectivity index is 0.00000245. The fraction of sp³-hybridized carbons (Fsp3) is 0.192. The van der Waals surface area contributed by atoms with E-state index < -0.39 is 0 Å². The smallest absolute Gasteiger partial charge is 0.257 e. The van der Waals surface area contributed by atoms with Crippen LogP contribution >= 0.6 is 12.4 Å². The van der Waals surface area contributed by atoms with Gasteiger partial charge in [-0.05, 0) is 55.3 Å². The molecule has 6 heteroatoms. The summed E-state index contributed by atoms with van der Waals surface area (Å²) >= 11 is 0. The van der Waals surface area contributed by atoms with E-state index in [1.54, 1.807) is 24.5 Å². The Morgan fingerprint density at radius 1 is 1.06 bits per heavy atom. The van der Waals surface area contributed by atoms with E-state index in [0.29, 0.717) is 11.5 Å². The van der Waals surface area contributed by atoms with Gasteiger partial charge in [0, 0.05) is 53.9 Å². The number of amides is 1. The Bertz CT molecular complexity index is 1230. The highest BCUT2D eigenvalue weighted by Gasteiger charge is 2.25. The summed E-state index contributed by atoms with van der Waals surface area (Å²) in [5.41, 5.74) is 5.81. The molecule has 0 spiro atoms. The highest BCUT2D eigenvalue weighted by Crippen LogP contribution is 2.35. The number of nitrogens with one attached hydrogen (secondary N) is 1. The Hall–Kier alpha value is -3.44. The summed E-state index contributed by atoms with van der Waals surface area (Å²) in [5, 5.41) is 4.05. The lowest BCUT2D eigenvalue weighted by atomic mass is 9.99. The van der Waals surface area contributed by atoms with Crippen molar-refractivity contribution in [3.8, 4) is 0 Å². The maximum Gasteiger partial charge on any atom is 0.257 e. The lowest BCUT2D eigenvalue weighted by Crippen LogP contribution is -2.20. The number of fused-ring (bicyclic) bond motifs is 1. The number of aromatic nitrogens is 2. The average molecular weight is 445 g/mol. The van der Waals surface area contributed by atoms with Crippen LogP contribution in [0.4, 0.5) is 11.4 Å². The fourth-order valence-corrected chi connectivity index (χ4v) is 4.35. The first-order valence-electron chi connectivity index (χ1n) is 10.6. The topological polar surface area (TPSA) is 58.1 Å². The van der Waals surface area contributed by atoms with Crippen LogP contribution < -0.4 is 10.2 Å². The molecule has 0 aliphatic carbocycles. The first-order valence-corrected chi connectivity index (χ1v) is 10.6. The molecule has 1 fully saturated rings. The standard InChI is InChI=1S/C26H24N4O.ClH/c1-18-14-25(30-13-11-21(17-30)19-6-3-2-4-7-19)23-15-22(9-10-24(23)28-18)29-26(31)20-8-5-12-27-16-20;/h2-10,12,14-16,21H,11,13,17H2,1H3,(H,29,31);1H. The molecule has 1 N–H and O–H groups in total. The first kappa shape index (κ1) is 21.8. The summed E-state index contributed by atoms with van der Waals surface area (Å²) in [4.78, 5) is 23.8. The Kier molecular flexibility index (Phi) is 6.37. The van der Waals surface area contributed by atoms with Crippen LogP contribution in [0.2, 0.25) is 0 Å². The number of carbonyl (C=O) groups excluding carboxylic acids is 1. The number of carbonyl (C=O) groups is 1. The molecule has 0 bridgehead atoms. The third kappa shape index (κ3) is 4.43. The second-order valence-corrected chi connectivity index (χ2v) is 8.05. The Labute approximate surface area is 193 Å². The minimum Gasteiger partial charge on any atom is -0.370 e. The molecule has 2 aromatic carbocycles. The molecule has 1 aliphatic heterocycles. The number of nitrogens with zero attached hydrogens (tertiary/aromatic N) is 3. The van der Waals surface area contributed by atoms with Gasteiger partial charge in [0.05, 0.1) is 11.1 Å². The van der Waals surface area contributed by atoms with Gasteiger partial charge in [-0.2, -0.15) is 0 Å². The second kappa shape index (κ2) is 9.37. The van der Waals surface area contributed by atoms with Crippen molar-refractivity contribution in [1.29, 1.82) is 0 Å². The third-order valence-corrected chi connectivity index (χ3v) is 5.90. The highest BCUT2D eigenvalue weighted by molar-refractivity contribution is 6.05. The maximum atomic E-state index is 12.6. The van der Waals surface area contributed by atoms with Crippen molar-refractivity contribution >= 4 is 40.6 Å². The van der Waals surface area contributed by atoms with Crippen molar-refractivity contribution in [2.75, 3.05) is 23.3 Å². The van der Waals surface area contributed by atoms with Gasteiger partial charge in [-0.25, -0.2) is 0 Å². The van der Waals surface area contributed by atoms with E-state index in [-0.39, 0.29) is 18.3 Å². The molecule has 5 nitrogen and oxygen atoms in total. The molecule has 1 atom stereocenters. The van der Waals surface area contributed by atoms with Gasteiger partial charge < -0.3 is 10.2 Å². The molecule has 1 unspecified atom stereocenters. The summed E-state index contributed by atoms with van der Waals surface area (Å²) in [6.07, 6.45) is 4.36. The summed E-state index contributed by atoms with van der Waals surface area (Å²) < 4.78 is 0. The summed E-state index contributed by atoms with van der Waals surface area (Å²) in [6, 6.07) is 22.3. The fourth-order valence-electron chi connectivity index (χ4n) is 4.35. The van der Waals surface area contributed by atoms with Crippen LogP contribution in [-0.4, -0.2) is 29.0 Å². The zero-order chi connectivity index (χ0) is 21.2. The normalized spacial score (nSPS) is 15.4. The molecule has 162 valence electrons. The zero-order valence-corrected chi connectivity index (χ0v) is 18.7. The van der Waals surface area contributed by atoms with E-state index in [1.165, 1.54) is 11.3 Å². The lowest BCUT2D eigenvalue weighted by Gasteiger charge is -2.22. The molecular weight excluding hydrogens is 420 g/mol. The molecule has 32 heavy (non-hydrogen) atoms. The summed E-state index contributed by atoms with van der Waals surface area (Å²) in [6.45, 7) is 4.02. The number of pyridine rings is 2. The molecule has 1 aliphatic rings. The van der Waals surface area contributed by atoms with Gasteiger partial charge in [0.25, 0.3) is 5.91 Å². The molecule has 2 aromatic heterocycles. The lowest BCUT2D eigenvalue weighted by molar-refractivity contribution is 0.102. The molecule has 3 heterocycles.